The Morgan fingerprint density at radius 1 is 0.673 bits per heavy atom. The highest BCUT2D eigenvalue weighted by molar-refractivity contribution is 7.91. The maximum absolute atomic E-state index is 13.3. The van der Waals surface area contributed by atoms with Crippen molar-refractivity contribution in [1.82, 2.24) is 14.7 Å². The van der Waals surface area contributed by atoms with Gasteiger partial charge in [0.2, 0.25) is 10.0 Å². The Morgan fingerprint density at radius 2 is 1.19 bits per heavy atom. The fourth-order valence-corrected chi connectivity index (χ4v) is 9.54. The van der Waals surface area contributed by atoms with E-state index in [2.05, 4.69) is 56.1 Å². The maximum Gasteiger partial charge on any atom is 0.241 e. The molecular formula is C42H46N4O4S2. The number of allylic oxidation sites excluding steroid dienone is 1. The number of rotatable bonds is 13. The number of sulfonamides is 1. The van der Waals surface area contributed by atoms with Gasteiger partial charge in [-0.3, -0.25) is 4.99 Å². The molecule has 0 bridgehead atoms. The third-order valence-corrected chi connectivity index (χ3v) is 13.0. The number of benzene rings is 4. The van der Waals surface area contributed by atoms with Gasteiger partial charge < -0.3 is 4.98 Å². The van der Waals surface area contributed by atoms with Gasteiger partial charge in [0.25, 0.3) is 0 Å². The van der Waals surface area contributed by atoms with Crippen LogP contribution in [0.15, 0.2) is 124 Å². The van der Waals surface area contributed by atoms with Gasteiger partial charge in [0, 0.05) is 24.3 Å². The van der Waals surface area contributed by atoms with E-state index in [9.17, 15) is 16.8 Å². The molecule has 1 aromatic heterocycles. The molecule has 0 unspecified atom stereocenters. The molecule has 0 saturated carbocycles. The fourth-order valence-electron chi connectivity index (χ4n) is 6.41. The van der Waals surface area contributed by atoms with Gasteiger partial charge in [-0.05, 0) is 77.8 Å². The lowest BCUT2D eigenvalue weighted by Gasteiger charge is -2.23. The molecule has 2 atom stereocenters. The zero-order chi connectivity index (χ0) is 37.2. The van der Waals surface area contributed by atoms with Crippen LogP contribution < -0.4 is 4.72 Å². The number of sulfone groups is 1. The van der Waals surface area contributed by atoms with Crippen molar-refractivity contribution in [3.63, 3.8) is 0 Å². The summed E-state index contributed by atoms with van der Waals surface area (Å²) in [6, 6.07) is 30.0. The van der Waals surface area contributed by atoms with Gasteiger partial charge in [-0.15, -0.1) is 0 Å². The Kier molecular flexibility index (Phi) is 10.8. The lowest BCUT2D eigenvalue weighted by molar-refractivity contribution is 0.504. The number of nitrogens with one attached hydrogen (secondary N) is 2. The molecule has 0 amide bonds. The Hall–Kier alpha value is -4.64. The average molecular weight is 735 g/mol. The predicted octanol–water partition coefficient (Wildman–Crippen LogP) is 8.76. The third kappa shape index (κ3) is 8.36. The van der Waals surface area contributed by atoms with Crippen molar-refractivity contribution in [2.24, 2.45) is 16.8 Å². The molecule has 52 heavy (non-hydrogen) atoms. The molecule has 6 rings (SSSR count). The summed E-state index contributed by atoms with van der Waals surface area (Å²) in [6.45, 7) is 11.9. The molecule has 270 valence electrons. The van der Waals surface area contributed by atoms with Crippen molar-refractivity contribution >= 4 is 31.1 Å². The highest BCUT2D eigenvalue weighted by atomic mass is 32.2. The maximum atomic E-state index is 13.3. The number of imidazole rings is 1. The molecule has 0 saturated heterocycles. The van der Waals surface area contributed by atoms with E-state index < -0.39 is 25.9 Å². The monoisotopic (exact) mass is 734 g/mol. The Balaban J connectivity index is 1.10. The first-order chi connectivity index (χ1) is 24.7. The molecule has 10 heteroatoms. The van der Waals surface area contributed by atoms with Crippen LogP contribution in [0.4, 0.5) is 0 Å². The summed E-state index contributed by atoms with van der Waals surface area (Å²) in [7, 11) is -7.20. The summed E-state index contributed by atoms with van der Waals surface area (Å²) in [5, 5.41) is 0. The first-order valence-corrected chi connectivity index (χ1v) is 20.7. The fraction of sp³-hybridized carbons (Fsp3) is 0.286. The van der Waals surface area contributed by atoms with E-state index in [0.29, 0.717) is 17.1 Å². The minimum Gasteiger partial charge on any atom is -0.342 e. The van der Waals surface area contributed by atoms with Crippen molar-refractivity contribution in [2.75, 3.05) is 5.75 Å². The normalized spacial score (nSPS) is 14.8. The molecule has 8 nitrogen and oxygen atoms in total. The van der Waals surface area contributed by atoms with E-state index in [0.717, 1.165) is 50.4 Å². The van der Waals surface area contributed by atoms with E-state index in [4.69, 9.17) is 0 Å². The lowest BCUT2D eigenvalue weighted by Crippen LogP contribution is -2.43. The molecule has 0 aliphatic carbocycles. The molecule has 5 aromatic rings. The van der Waals surface area contributed by atoms with Crippen LogP contribution >= 0.6 is 0 Å². The standard InChI is InChI=1S/C42H46N4O4S2/c1-27(2)38(26-51(47,48)36-19-7-29(5)8-20-36)42-44-25-40(45-42)34-17-15-32(16-18-34)31-11-13-33(14-12-31)35-23-39(43-24-35)41(28(3)4)46-52(49,50)37-21-9-30(6)10-22-37/h7-22,24-25,27-28,38,41,46H,23,26H2,1-6H3,(H,44,45)/t38-,41-/m0/s1. The Morgan fingerprint density at radius 3 is 1.73 bits per heavy atom. The van der Waals surface area contributed by atoms with Crippen molar-refractivity contribution in [3.05, 3.63) is 132 Å². The summed E-state index contributed by atoms with van der Waals surface area (Å²) in [6.07, 6.45) is 4.18. The number of aliphatic imine (C=N–C) groups is 1. The van der Waals surface area contributed by atoms with Gasteiger partial charge in [-0.2, -0.15) is 0 Å². The minimum absolute atomic E-state index is 0.0160. The van der Waals surface area contributed by atoms with Crippen LogP contribution in [0, 0.1) is 25.7 Å². The first-order valence-electron chi connectivity index (χ1n) is 17.6. The van der Waals surface area contributed by atoms with Crippen LogP contribution in [0.1, 0.15) is 62.5 Å². The average Bonchev–Trinajstić information content (AvgIpc) is 3.81. The van der Waals surface area contributed by atoms with Gasteiger partial charge in [0.05, 0.1) is 33.5 Å². The highest BCUT2D eigenvalue weighted by Gasteiger charge is 2.30. The number of aromatic nitrogens is 2. The number of nitrogens with zero attached hydrogens (tertiary/aromatic N) is 2. The molecule has 4 aromatic carbocycles. The zero-order valence-corrected chi connectivity index (χ0v) is 32.1. The molecule has 0 fully saturated rings. The van der Waals surface area contributed by atoms with Gasteiger partial charge in [-0.25, -0.2) is 26.5 Å². The number of H-pyrrole nitrogens is 1. The van der Waals surface area contributed by atoms with Crippen molar-refractivity contribution < 1.29 is 16.8 Å². The largest absolute Gasteiger partial charge is 0.342 e. The topological polar surface area (TPSA) is 121 Å². The molecule has 2 N–H and O–H groups in total. The summed E-state index contributed by atoms with van der Waals surface area (Å²) in [5.41, 5.74) is 8.81. The second kappa shape index (κ2) is 15.1. The molecule has 1 aliphatic heterocycles. The van der Waals surface area contributed by atoms with Gasteiger partial charge in [-0.1, -0.05) is 112 Å². The number of aromatic amines is 1. The third-order valence-electron chi connectivity index (χ3n) is 9.71. The Labute approximate surface area is 308 Å². The highest BCUT2D eigenvalue weighted by Crippen LogP contribution is 2.32. The SMILES string of the molecule is Cc1ccc(S(=O)(=O)C[C@H](c2ncc(-c3ccc(-c4ccc(C5=CN=C([C@@H](NS(=O)(=O)c6ccc(C)cc6)C(C)C)C5)cc4)cc3)[nH]2)C(C)C)cc1. The van der Waals surface area contributed by atoms with Crippen molar-refractivity contribution in [3.8, 4) is 22.4 Å². The van der Waals surface area contributed by atoms with Crippen LogP contribution in [-0.4, -0.2) is 44.3 Å². The number of aryl methyl sites for hydroxylation is 2. The van der Waals surface area contributed by atoms with Crippen LogP contribution in [0.3, 0.4) is 0 Å². The smallest absolute Gasteiger partial charge is 0.241 e. The van der Waals surface area contributed by atoms with E-state index >= 15 is 0 Å². The second-order valence-corrected chi connectivity index (χ2v) is 18.1. The number of hydrogen-bond acceptors (Lipinski definition) is 6. The van der Waals surface area contributed by atoms with E-state index in [1.807, 2.05) is 72.0 Å². The summed E-state index contributed by atoms with van der Waals surface area (Å²) in [4.78, 5) is 13.3. The first kappa shape index (κ1) is 37.1. The van der Waals surface area contributed by atoms with Crippen LogP contribution in [0.25, 0.3) is 28.0 Å². The summed E-state index contributed by atoms with van der Waals surface area (Å²) >= 11 is 0. The van der Waals surface area contributed by atoms with Crippen LogP contribution in [0.2, 0.25) is 0 Å². The molecule has 2 heterocycles. The second-order valence-electron chi connectivity index (χ2n) is 14.4. The van der Waals surface area contributed by atoms with E-state index in [1.165, 1.54) is 0 Å². The zero-order valence-electron chi connectivity index (χ0n) is 30.5. The molecular weight excluding hydrogens is 689 g/mol. The van der Waals surface area contributed by atoms with Gasteiger partial charge in [0.15, 0.2) is 9.84 Å². The van der Waals surface area contributed by atoms with Crippen LogP contribution in [-0.2, 0) is 19.9 Å². The minimum atomic E-state index is -3.70. The molecule has 1 aliphatic rings. The van der Waals surface area contributed by atoms with Gasteiger partial charge in [0.1, 0.15) is 5.82 Å². The van der Waals surface area contributed by atoms with Crippen LogP contribution in [0.5, 0.6) is 0 Å². The van der Waals surface area contributed by atoms with E-state index in [-0.39, 0.29) is 28.4 Å². The molecule has 0 radical (unpaired) electrons. The molecule has 0 spiro atoms. The van der Waals surface area contributed by atoms with Crippen molar-refractivity contribution in [2.45, 2.75) is 69.7 Å². The Bertz CT molecular complexity index is 2300. The summed E-state index contributed by atoms with van der Waals surface area (Å²) in [5.74, 6) is 0.439. The van der Waals surface area contributed by atoms with E-state index in [1.54, 1.807) is 42.6 Å². The predicted molar refractivity (Wildman–Crippen MR) is 210 cm³/mol. The quantitative estimate of drug-likeness (QED) is 0.125. The summed E-state index contributed by atoms with van der Waals surface area (Å²) < 4.78 is 55.8. The van der Waals surface area contributed by atoms with Gasteiger partial charge >= 0.3 is 0 Å². The lowest BCUT2D eigenvalue weighted by atomic mass is 9.93. The van der Waals surface area contributed by atoms with Crippen molar-refractivity contribution in [1.29, 1.82) is 0 Å². The number of hydrogen-bond donors (Lipinski definition) is 2.